The molecule has 104 valence electrons. The molecule has 1 amide bonds. The minimum Gasteiger partial charge on any atom is -0.469 e. The van der Waals surface area contributed by atoms with Crippen LogP contribution in [0.2, 0.25) is 0 Å². The monoisotopic (exact) mass is 257 g/mol. The second-order valence-electron chi connectivity index (χ2n) is 4.97. The average Bonchev–Trinajstić information content (AvgIpc) is 2.38. The van der Waals surface area contributed by atoms with Crippen LogP contribution in [-0.4, -0.2) is 50.7 Å². The number of esters is 1. The molecule has 18 heavy (non-hydrogen) atoms. The number of hydrogen-bond donors (Lipinski definition) is 0. The summed E-state index contributed by atoms with van der Waals surface area (Å²) in [6.07, 6.45) is 2.15. The van der Waals surface area contributed by atoms with Crippen LogP contribution in [0.5, 0.6) is 0 Å². The second-order valence-corrected chi connectivity index (χ2v) is 4.97. The first kappa shape index (κ1) is 15.0. The van der Waals surface area contributed by atoms with E-state index in [0.717, 1.165) is 19.4 Å². The highest BCUT2D eigenvalue weighted by molar-refractivity contribution is 5.78. The molecule has 1 fully saturated rings. The van der Waals surface area contributed by atoms with Gasteiger partial charge < -0.3 is 14.4 Å². The number of carbonyl (C=O) groups excluding carboxylic acids is 2. The van der Waals surface area contributed by atoms with E-state index < -0.39 is 0 Å². The van der Waals surface area contributed by atoms with Gasteiger partial charge in [-0.3, -0.25) is 9.59 Å². The van der Waals surface area contributed by atoms with Crippen molar-refractivity contribution in [2.24, 2.45) is 11.8 Å². The molecule has 1 aliphatic rings. The Labute approximate surface area is 108 Å². The van der Waals surface area contributed by atoms with Crippen molar-refractivity contribution in [1.82, 2.24) is 4.90 Å². The van der Waals surface area contributed by atoms with Gasteiger partial charge in [0.1, 0.15) is 0 Å². The molecular weight excluding hydrogens is 234 g/mol. The zero-order valence-electron chi connectivity index (χ0n) is 11.5. The van der Waals surface area contributed by atoms with Crippen LogP contribution in [0.1, 0.15) is 26.2 Å². The number of ether oxygens (including phenoxy) is 2. The fraction of sp³-hybridized carbons (Fsp3) is 0.846. The highest BCUT2D eigenvalue weighted by Gasteiger charge is 2.29. The first-order chi connectivity index (χ1) is 8.58. The molecule has 0 radical (unpaired) electrons. The summed E-state index contributed by atoms with van der Waals surface area (Å²) in [6.45, 7) is 3.81. The zero-order valence-corrected chi connectivity index (χ0v) is 11.5. The molecule has 1 heterocycles. The van der Waals surface area contributed by atoms with E-state index in [-0.39, 0.29) is 23.7 Å². The standard InChI is InChI=1S/C13H23NO4/c1-10(9-17-2)7-12(15)14-6-4-5-11(8-14)13(16)18-3/h10-11H,4-9H2,1-3H3/t10?,11-/m0/s1. The van der Waals surface area contributed by atoms with Crippen LogP contribution in [0.4, 0.5) is 0 Å². The molecule has 5 heteroatoms. The van der Waals surface area contributed by atoms with Crippen LogP contribution < -0.4 is 0 Å². The SMILES string of the molecule is COCC(C)CC(=O)N1CCC[C@H](C(=O)OC)C1. The maximum Gasteiger partial charge on any atom is 0.310 e. The lowest BCUT2D eigenvalue weighted by Crippen LogP contribution is -2.43. The fourth-order valence-corrected chi connectivity index (χ4v) is 2.33. The number of rotatable bonds is 5. The first-order valence-corrected chi connectivity index (χ1v) is 6.43. The summed E-state index contributed by atoms with van der Waals surface area (Å²) in [5.74, 6) is -0.0583. The minimum absolute atomic E-state index is 0.105. The summed E-state index contributed by atoms with van der Waals surface area (Å²) in [7, 11) is 3.03. The molecule has 0 bridgehead atoms. The highest BCUT2D eigenvalue weighted by atomic mass is 16.5. The molecule has 0 aromatic carbocycles. The Morgan fingerprint density at radius 1 is 1.39 bits per heavy atom. The summed E-state index contributed by atoms with van der Waals surface area (Å²) < 4.78 is 9.76. The number of carbonyl (C=O) groups is 2. The molecule has 1 unspecified atom stereocenters. The summed E-state index contributed by atoms with van der Waals surface area (Å²) in [6, 6.07) is 0. The average molecular weight is 257 g/mol. The molecule has 1 aliphatic heterocycles. The molecule has 0 aliphatic carbocycles. The van der Waals surface area contributed by atoms with Gasteiger partial charge in [0.15, 0.2) is 0 Å². The van der Waals surface area contributed by atoms with Crippen LogP contribution in [0, 0.1) is 11.8 Å². The van der Waals surface area contributed by atoms with Crippen LogP contribution in [-0.2, 0) is 19.1 Å². The lowest BCUT2D eigenvalue weighted by Gasteiger charge is -2.32. The van der Waals surface area contributed by atoms with Crippen molar-refractivity contribution < 1.29 is 19.1 Å². The minimum atomic E-state index is -0.211. The zero-order chi connectivity index (χ0) is 13.5. The van der Waals surface area contributed by atoms with Gasteiger partial charge >= 0.3 is 5.97 Å². The summed E-state index contributed by atoms with van der Waals surface area (Å²) in [5, 5.41) is 0. The summed E-state index contributed by atoms with van der Waals surface area (Å²) in [5.41, 5.74) is 0. The first-order valence-electron chi connectivity index (χ1n) is 6.43. The lowest BCUT2D eigenvalue weighted by molar-refractivity contribution is -0.149. The normalized spacial score (nSPS) is 21.5. The molecule has 0 aromatic rings. The van der Waals surface area contributed by atoms with Gasteiger partial charge in [0.2, 0.25) is 5.91 Å². The molecule has 1 rings (SSSR count). The third kappa shape index (κ3) is 4.29. The Hall–Kier alpha value is -1.10. The number of nitrogens with zero attached hydrogens (tertiary/aromatic N) is 1. The maximum absolute atomic E-state index is 12.1. The van der Waals surface area contributed by atoms with Crippen molar-refractivity contribution in [2.75, 3.05) is 33.9 Å². The van der Waals surface area contributed by atoms with E-state index >= 15 is 0 Å². The van der Waals surface area contributed by atoms with Crippen LogP contribution in [0.25, 0.3) is 0 Å². The van der Waals surface area contributed by atoms with Gasteiger partial charge in [-0.2, -0.15) is 0 Å². The maximum atomic E-state index is 12.1. The van der Waals surface area contributed by atoms with Gasteiger partial charge in [-0.05, 0) is 18.8 Å². The van der Waals surface area contributed by atoms with Crippen LogP contribution >= 0.6 is 0 Å². The highest BCUT2D eigenvalue weighted by Crippen LogP contribution is 2.19. The van der Waals surface area contributed by atoms with Gasteiger partial charge in [0.25, 0.3) is 0 Å². The predicted molar refractivity (Wildman–Crippen MR) is 67.0 cm³/mol. The van der Waals surface area contributed by atoms with Gasteiger partial charge in [-0.1, -0.05) is 6.92 Å². The summed E-state index contributed by atoms with van der Waals surface area (Å²) >= 11 is 0. The quantitative estimate of drug-likeness (QED) is 0.691. The van der Waals surface area contributed by atoms with Crippen molar-refractivity contribution >= 4 is 11.9 Å². The topological polar surface area (TPSA) is 55.8 Å². The van der Waals surface area contributed by atoms with Crippen molar-refractivity contribution in [3.63, 3.8) is 0 Å². The number of methoxy groups -OCH3 is 2. The predicted octanol–water partition coefficient (Wildman–Crippen LogP) is 1.07. The molecule has 1 saturated heterocycles. The number of piperidine rings is 1. The second kappa shape index (κ2) is 7.36. The van der Waals surface area contributed by atoms with E-state index in [1.165, 1.54) is 7.11 Å². The fourth-order valence-electron chi connectivity index (χ4n) is 2.33. The van der Waals surface area contributed by atoms with Crippen molar-refractivity contribution in [2.45, 2.75) is 26.2 Å². The summed E-state index contributed by atoms with van der Waals surface area (Å²) in [4.78, 5) is 25.3. The van der Waals surface area contributed by atoms with Crippen molar-refractivity contribution in [3.05, 3.63) is 0 Å². The van der Waals surface area contributed by atoms with Gasteiger partial charge in [0.05, 0.1) is 13.0 Å². The van der Waals surface area contributed by atoms with E-state index in [0.29, 0.717) is 19.6 Å². The molecule has 2 atom stereocenters. The Kier molecular flexibility index (Phi) is 6.12. The molecular formula is C13H23NO4. The molecule has 5 nitrogen and oxygen atoms in total. The Balaban J connectivity index is 2.45. The largest absolute Gasteiger partial charge is 0.469 e. The van der Waals surface area contributed by atoms with Gasteiger partial charge in [-0.25, -0.2) is 0 Å². The Morgan fingerprint density at radius 3 is 2.72 bits per heavy atom. The smallest absolute Gasteiger partial charge is 0.310 e. The van der Waals surface area contributed by atoms with Crippen molar-refractivity contribution in [3.8, 4) is 0 Å². The number of amides is 1. The van der Waals surface area contributed by atoms with Crippen LogP contribution in [0.3, 0.4) is 0 Å². The van der Waals surface area contributed by atoms with E-state index in [9.17, 15) is 9.59 Å². The lowest BCUT2D eigenvalue weighted by atomic mass is 9.97. The number of hydrogen-bond acceptors (Lipinski definition) is 4. The number of likely N-dealkylation sites (tertiary alicyclic amines) is 1. The Morgan fingerprint density at radius 2 is 2.11 bits per heavy atom. The molecule has 0 N–H and O–H groups in total. The van der Waals surface area contributed by atoms with E-state index in [4.69, 9.17) is 9.47 Å². The van der Waals surface area contributed by atoms with Gasteiger partial charge in [-0.15, -0.1) is 0 Å². The van der Waals surface area contributed by atoms with E-state index in [2.05, 4.69) is 0 Å². The van der Waals surface area contributed by atoms with E-state index in [1.807, 2.05) is 6.92 Å². The van der Waals surface area contributed by atoms with Crippen molar-refractivity contribution in [1.29, 1.82) is 0 Å². The van der Waals surface area contributed by atoms with E-state index in [1.54, 1.807) is 12.0 Å². The molecule has 0 spiro atoms. The third-order valence-corrected chi connectivity index (χ3v) is 3.28. The Bertz CT molecular complexity index is 293. The van der Waals surface area contributed by atoms with Crippen LogP contribution in [0.15, 0.2) is 0 Å². The van der Waals surface area contributed by atoms with Gasteiger partial charge in [0, 0.05) is 33.2 Å². The third-order valence-electron chi connectivity index (χ3n) is 3.28. The molecule has 0 aromatic heterocycles. The molecule has 0 saturated carbocycles.